The van der Waals surface area contributed by atoms with E-state index in [1.165, 1.54) is 20.3 Å². The van der Waals surface area contributed by atoms with E-state index < -0.39 is 5.97 Å². The highest BCUT2D eigenvalue weighted by Gasteiger charge is 2.19. The Kier molecular flexibility index (Phi) is 6.59. The van der Waals surface area contributed by atoms with Crippen LogP contribution in [0.4, 0.5) is 0 Å². The van der Waals surface area contributed by atoms with Crippen molar-refractivity contribution >= 4 is 17.8 Å². The SMILES string of the molecule is COc1cccc(/C=C/C(=O)OCC(=O)c2cc(C)n(-c3cc(C)on3)c2C)c1OC. The van der Waals surface area contributed by atoms with Crippen LogP contribution >= 0.6 is 0 Å². The summed E-state index contributed by atoms with van der Waals surface area (Å²) >= 11 is 0. The van der Waals surface area contributed by atoms with Gasteiger partial charge in [0.05, 0.1) is 14.2 Å². The van der Waals surface area contributed by atoms with Crippen molar-refractivity contribution in [1.29, 1.82) is 0 Å². The van der Waals surface area contributed by atoms with E-state index in [-0.39, 0.29) is 12.4 Å². The summed E-state index contributed by atoms with van der Waals surface area (Å²) in [6.07, 6.45) is 2.79. The van der Waals surface area contributed by atoms with Gasteiger partial charge in [0.25, 0.3) is 0 Å². The summed E-state index contributed by atoms with van der Waals surface area (Å²) in [5.74, 6) is 1.37. The van der Waals surface area contributed by atoms with Crippen LogP contribution in [0.1, 0.15) is 33.1 Å². The van der Waals surface area contributed by atoms with E-state index >= 15 is 0 Å². The van der Waals surface area contributed by atoms with Crippen LogP contribution in [0.25, 0.3) is 11.9 Å². The van der Waals surface area contributed by atoms with Gasteiger partial charge in [0.2, 0.25) is 5.78 Å². The van der Waals surface area contributed by atoms with Crippen molar-refractivity contribution in [3.63, 3.8) is 0 Å². The molecule has 0 N–H and O–H groups in total. The van der Waals surface area contributed by atoms with E-state index in [1.54, 1.807) is 50.3 Å². The third-order valence-electron chi connectivity index (χ3n) is 4.75. The fourth-order valence-electron chi connectivity index (χ4n) is 3.32. The van der Waals surface area contributed by atoms with Gasteiger partial charge in [-0.1, -0.05) is 17.3 Å². The molecule has 0 aliphatic carbocycles. The summed E-state index contributed by atoms with van der Waals surface area (Å²) < 4.78 is 22.6. The molecule has 8 nitrogen and oxygen atoms in total. The first-order valence-electron chi connectivity index (χ1n) is 9.57. The molecular weight excluding hydrogens is 400 g/mol. The zero-order chi connectivity index (χ0) is 22.5. The lowest BCUT2D eigenvalue weighted by atomic mass is 10.1. The Balaban J connectivity index is 1.68. The molecule has 0 saturated carbocycles. The molecule has 2 heterocycles. The van der Waals surface area contributed by atoms with E-state index in [9.17, 15) is 9.59 Å². The maximum atomic E-state index is 12.6. The van der Waals surface area contributed by atoms with Gasteiger partial charge in [-0.05, 0) is 39.0 Å². The van der Waals surface area contributed by atoms with Gasteiger partial charge in [-0.2, -0.15) is 0 Å². The van der Waals surface area contributed by atoms with Crippen LogP contribution in [0.3, 0.4) is 0 Å². The maximum Gasteiger partial charge on any atom is 0.331 e. The normalized spacial score (nSPS) is 11.0. The van der Waals surface area contributed by atoms with Crippen LogP contribution < -0.4 is 9.47 Å². The van der Waals surface area contributed by atoms with Crippen LogP contribution in [-0.4, -0.2) is 42.3 Å². The molecule has 0 spiro atoms. The second-order valence-electron chi connectivity index (χ2n) is 6.86. The third kappa shape index (κ3) is 4.69. The summed E-state index contributed by atoms with van der Waals surface area (Å²) in [6.45, 7) is 5.09. The summed E-state index contributed by atoms with van der Waals surface area (Å²) in [5.41, 5.74) is 2.63. The predicted molar refractivity (Wildman–Crippen MR) is 114 cm³/mol. The lowest BCUT2D eigenvalue weighted by Crippen LogP contribution is -2.13. The number of aromatic nitrogens is 2. The molecule has 0 saturated heterocycles. The van der Waals surface area contributed by atoms with Crippen molar-refractivity contribution in [3.05, 3.63) is 64.7 Å². The Morgan fingerprint density at radius 2 is 1.90 bits per heavy atom. The van der Waals surface area contributed by atoms with Gasteiger partial charge >= 0.3 is 5.97 Å². The van der Waals surface area contributed by atoms with Crippen molar-refractivity contribution < 1.29 is 28.3 Å². The second-order valence-corrected chi connectivity index (χ2v) is 6.86. The van der Waals surface area contributed by atoms with Crippen molar-refractivity contribution in [2.24, 2.45) is 0 Å². The molecular formula is C23H24N2O6. The standard InChI is InChI=1S/C23H24N2O6/c1-14-11-18(16(3)25(14)21-12-15(2)31-24-21)19(26)13-30-22(27)10-9-17-7-6-8-20(28-4)23(17)29-5/h6-12H,13H2,1-5H3/b10-9+. The van der Waals surface area contributed by atoms with Gasteiger partial charge in [0.15, 0.2) is 23.9 Å². The summed E-state index contributed by atoms with van der Waals surface area (Å²) in [5, 5.41) is 4.00. The molecule has 3 aromatic rings. The minimum Gasteiger partial charge on any atom is -0.493 e. The molecule has 2 aromatic heterocycles. The van der Waals surface area contributed by atoms with Gasteiger partial charge < -0.3 is 18.7 Å². The van der Waals surface area contributed by atoms with Crippen LogP contribution in [-0.2, 0) is 9.53 Å². The predicted octanol–water partition coefficient (Wildman–Crippen LogP) is 3.85. The molecule has 8 heteroatoms. The van der Waals surface area contributed by atoms with Gasteiger partial charge in [0, 0.05) is 34.7 Å². The number of esters is 1. The van der Waals surface area contributed by atoms with E-state index in [1.807, 2.05) is 11.5 Å². The minimum absolute atomic E-state index is 0.305. The third-order valence-corrected chi connectivity index (χ3v) is 4.75. The van der Waals surface area contributed by atoms with Crippen molar-refractivity contribution in [2.75, 3.05) is 20.8 Å². The molecule has 0 atom stereocenters. The maximum absolute atomic E-state index is 12.6. The Hall–Kier alpha value is -3.81. The van der Waals surface area contributed by atoms with Gasteiger partial charge in [-0.25, -0.2) is 4.79 Å². The fourth-order valence-corrected chi connectivity index (χ4v) is 3.32. The largest absolute Gasteiger partial charge is 0.493 e. The van der Waals surface area contributed by atoms with Crippen molar-refractivity contribution in [2.45, 2.75) is 20.8 Å². The number of carbonyl (C=O) groups excluding carboxylic acids is 2. The monoisotopic (exact) mass is 424 g/mol. The number of benzene rings is 1. The van der Waals surface area contributed by atoms with Crippen LogP contribution in [0.15, 0.2) is 40.9 Å². The lowest BCUT2D eigenvalue weighted by Gasteiger charge is -2.09. The number of carbonyl (C=O) groups is 2. The van der Waals surface area contributed by atoms with Crippen LogP contribution in [0, 0.1) is 20.8 Å². The van der Waals surface area contributed by atoms with E-state index in [2.05, 4.69) is 5.16 Å². The first kappa shape index (κ1) is 21.9. The zero-order valence-electron chi connectivity index (χ0n) is 18.1. The van der Waals surface area contributed by atoms with Gasteiger partial charge in [-0.3, -0.25) is 9.36 Å². The number of methoxy groups -OCH3 is 2. The zero-order valence-corrected chi connectivity index (χ0v) is 18.1. The van der Waals surface area contributed by atoms with E-state index in [0.717, 1.165) is 5.69 Å². The second kappa shape index (κ2) is 9.34. The number of rotatable bonds is 8. The summed E-state index contributed by atoms with van der Waals surface area (Å²) in [4.78, 5) is 24.8. The molecule has 0 unspecified atom stereocenters. The molecule has 1 aromatic carbocycles. The quantitative estimate of drug-likeness (QED) is 0.308. The van der Waals surface area contributed by atoms with Crippen LogP contribution in [0.5, 0.6) is 11.5 Å². The smallest absolute Gasteiger partial charge is 0.331 e. The topological polar surface area (TPSA) is 92.8 Å². The van der Waals surface area contributed by atoms with Crippen molar-refractivity contribution in [3.8, 4) is 17.3 Å². The van der Waals surface area contributed by atoms with E-state index in [0.29, 0.717) is 39.9 Å². The highest BCUT2D eigenvalue weighted by atomic mass is 16.5. The molecule has 0 fully saturated rings. The minimum atomic E-state index is -0.640. The molecule has 162 valence electrons. The van der Waals surface area contributed by atoms with Crippen LogP contribution in [0.2, 0.25) is 0 Å². The number of aryl methyl sites for hydroxylation is 2. The first-order chi connectivity index (χ1) is 14.8. The molecule has 3 rings (SSSR count). The number of ether oxygens (including phenoxy) is 3. The molecule has 0 aliphatic heterocycles. The highest BCUT2D eigenvalue weighted by Crippen LogP contribution is 2.31. The highest BCUT2D eigenvalue weighted by molar-refractivity contribution is 6.00. The fraction of sp³-hybridized carbons (Fsp3) is 0.261. The number of ketones is 1. The summed E-state index contributed by atoms with van der Waals surface area (Å²) in [6, 6.07) is 8.83. The van der Waals surface area contributed by atoms with E-state index in [4.69, 9.17) is 18.7 Å². The number of para-hydroxylation sites is 1. The first-order valence-corrected chi connectivity index (χ1v) is 9.57. The Morgan fingerprint density at radius 1 is 1.13 bits per heavy atom. The average Bonchev–Trinajstić information content (AvgIpc) is 3.31. The summed E-state index contributed by atoms with van der Waals surface area (Å²) in [7, 11) is 3.05. The molecule has 0 radical (unpaired) electrons. The van der Waals surface area contributed by atoms with Gasteiger partial charge in [-0.15, -0.1) is 0 Å². The molecule has 0 bridgehead atoms. The molecule has 0 amide bonds. The molecule has 0 aliphatic rings. The Bertz CT molecular complexity index is 1140. The number of Topliss-reactive ketones (excluding diaryl/α,β-unsaturated/α-hetero) is 1. The Labute approximate surface area is 180 Å². The molecule has 31 heavy (non-hydrogen) atoms. The number of nitrogens with zero attached hydrogens (tertiary/aromatic N) is 2. The number of hydrogen-bond donors (Lipinski definition) is 0. The number of hydrogen-bond acceptors (Lipinski definition) is 7. The van der Waals surface area contributed by atoms with Gasteiger partial charge in [0.1, 0.15) is 5.76 Å². The van der Waals surface area contributed by atoms with Crippen molar-refractivity contribution in [1.82, 2.24) is 9.72 Å². The Morgan fingerprint density at radius 3 is 2.55 bits per heavy atom. The lowest BCUT2D eigenvalue weighted by molar-refractivity contribution is -0.136. The average molecular weight is 424 g/mol.